The summed E-state index contributed by atoms with van der Waals surface area (Å²) in [5.74, 6) is 0.917. The summed E-state index contributed by atoms with van der Waals surface area (Å²) < 4.78 is 5.98. The molecule has 0 aliphatic carbocycles. The van der Waals surface area contributed by atoms with Gasteiger partial charge in [0.25, 0.3) is 5.91 Å². The zero-order valence-electron chi connectivity index (χ0n) is 17.5. The van der Waals surface area contributed by atoms with Gasteiger partial charge in [0.05, 0.1) is 12.1 Å². The lowest BCUT2D eigenvalue weighted by Crippen LogP contribution is -2.46. The zero-order valence-corrected chi connectivity index (χ0v) is 17.5. The van der Waals surface area contributed by atoms with Crippen molar-refractivity contribution in [2.45, 2.75) is 57.0 Å². The normalized spacial score (nSPS) is 25.6. The Morgan fingerprint density at radius 2 is 1.90 bits per heavy atom. The summed E-state index contributed by atoms with van der Waals surface area (Å²) in [6, 6.07) is 8.32. The maximum atomic E-state index is 13.5. The maximum absolute atomic E-state index is 13.5. The molecule has 3 aliphatic rings. The Bertz CT molecular complexity index is 738. The minimum atomic E-state index is 0.0827. The van der Waals surface area contributed by atoms with E-state index in [0.29, 0.717) is 43.0 Å². The van der Waals surface area contributed by atoms with E-state index in [2.05, 4.69) is 16.8 Å². The third-order valence-electron chi connectivity index (χ3n) is 6.76. The third kappa shape index (κ3) is 4.42. The Hall–Kier alpha value is -2.08. The minimum absolute atomic E-state index is 0.0827. The van der Waals surface area contributed by atoms with Crippen molar-refractivity contribution >= 4 is 11.8 Å². The molecule has 0 radical (unpaired) electrons. The number of para-hydroxylation sites is 1. The summed E-state index contributed by atoms with van der Waals surface area (Å²) in [4.78, 5) is 31.6. The molecule has 158 valence electrons. The number of amides is 2. The van der Waals surface area contributed by atoms with E-state index in [4.69, 9.17) is 4.74 Å². The van der Waals surface area contributed by atoms with Gasteiger partial charge in [0, 0.05) is 31.6 Å². The number of ether oxygens (including phenoxy) is 1. The molecule has 2 amide bonds. The van der Waals surface area contributed by atoms with Crippen molar-refractivity contribution in [2.75, 3.05) is 39.8 Å². The van der Waals surface area contributed by atoms with Crippen LogP contribution in [-0.2, 0) is 4.79 Å². The molecule has 1 aromatic rings. The van der Waals surface area contributed by atoms with Gasteiger partial charge in [0.15, 0.2) is 0 Å². The first kappa shape index (κ1) is 20.2. The average molecular weight is 400 g/mol. The molecule has 3 aliphatic heterocycles. The monoisotopic (exact) mass is 399 g/mol. The Kier molecular flexibility index (Phi) is 6.38. The summed E-state index contributed by atoms with van der Waals surface area (Å²) in [5.41, 5.74) is 0.644. The molecule has 0 aromatic heterocycles. The van der Waals surface area contributed by atoms with Crippen LogP contribution in [0.25, 0.3) is 0 Å². The van der Waals surface area contributed by atoms with Gasteiger partial charge in [-0.15, -0.1) is 0 Å². The molecule has 0 spiro atoms. The van der Waals surface area contributed by atoms with Gasteiger partial charge in [-0.1, -0.05) is 25.0 Å². The van der Waals surface area contributed by atoms with Crippen molar-refractivity contribution in [1.29, 1.82) is 0 Å². The molecule has 0 bridgehead atoms. The second kappa shape index (κ2) is 9.16. The van der Waals surface area contributed by atoms with Crippen LogP contribution < -0.4 is 4.74 Å². The molecular weight excluding hydrogens is 366 g/mol. The van der Waals surface area contributed by atoms with E-state index >= 15 is 0 Å². The zero-order chi connectivity index (χ0) is 20.2. The molecule has 3 heterocycles. The van der Waals surface area contributed by atoms with Crippen LogP contribution in [0.1, 0.15) is 55.3 Å². The lowest BCUT2D eigenvalue weighted by atomic mass is 9.97. The number of fused-ring (bicyclic) bond motifs is 1. The summed E-state index contributed by atoms with van der Waals surface area (Å²) in [6.07, 6.45) is 7.39. The Morgan fingerprint density at radius 3 is 2.72 bits per heavy atom. The second-order valence-electron chi connectivity index (χ2n) is 8.58. The number of nitrogens with zero attached hydrogens (tertiary/aromatic N) is 3. The highest BCUT2D eigenvalue weighted by Crippen LogP contribution is 2.31. The van der Waals surface area contributed by atoms with Crippen LogP contribution in [0.3, 0.4) is 0 Å². The third-order valence-corrected chi connectivity index (χ3v) is 6.76. The van der Waals surface area contributed by atoms with E-state index < -0.39 is 0 Å². The number of carbonyl (C=O) groups excluding carboxylic acids is 2. The molecule has 4 rings (SSSR count). The molecule has 2 atom stereocenters. The van der Waals surface area contributed by atoms with Gasteiger partial charge in [0.2, 0.25) is 5.91 Å². The second-order valence-corrected chi connectivity index (χ2v) is 8.58. The molecule has 0 unspecified atom stereocenters. The van der Waals surface area contributed by atoms with Gasteiger partial charge in [-0.2, -0.15) is 0 Å². The summed E-state index contributed by atoms with van der Waals surface area (Å²) in [6.45, 7) is 3.76. The van der Waals surface area contributed by atoms with Crippen LogP contribution in [0.5, 0.6) is 5.75 Å². The fraction of sp³-hybridized carbons (Fsp3) is 0.652. The highest BCUT2D eigenvalue weighted by molar-refractivity contribution is 5.97. The number of hydrogen-bond donors (Lipinski definition) is 0. The molecule has 3 fully saturated rings. The van der Waals surface area contributed by atoms with E-state index in [1.54, 1.807) is 0 Å². The van der Waals surface area contributed by atoms with E-state index in [-0.39, 0.29) is 11.8 Å². The van der Waals surface area contributed by atoms with Gasteiger partial charge in [0.1, 0.15) is 12.4 Å². The Balaban J connectivity index is 1.43. The van der Waals surface area contributed by atoms with Crippen molar-refractivity contribution < 1.29 is 14.3 Å². The average Bonchev–Trinajstić information content (AvgIpc) is 3.32. The fourth-order valence-corrected chi connectivity index (χ4v) is 5.14. The van der Waals surface area contributed by atoms with Crippen LogP contribution in [0.4, 0.5) is 0 Å². The smallest absolute Gasteiger partial charge is 0.257 e. The number of benzene rings is 1. The van der Waals surface area contributed by atoms with Gasteiger partial charge in [-0.25, -0.2) is 0 Å². The number of hydrogen-bond acceptors (Lipinski definition) is 4. The van der Waals surface area contributed by atoms with Gasteiger partial charge in [-0.05, 0) is 51.4 Å². The van der Waals surface area contributed by atoms with E-state index in [9.17, 15) is 9.59 Å². The molecule has 6 nitrogen and oxygen atoms in total. The van der Waals surface area contributed by atoms with Crippen molar-refractivity contribution in [2.24, 2.45) is 0 Å². The van der Waals surface area contributed by atoms with E-state index in [1.807, 2.05) is 29.2 Å². The minimum Gasteiger partial charge on any atom is -0.491 e. The standard InChI is InChI=1S/C23H33N3O3/c1-24-13-6-2-3-9-20-19(24)12-15-26(20)23(28)18-8-4-5-10-21(18)29-17-16-25-14-7-11-22(25)27/h4-5,8,10,19-20H,2-3,6-7,9,11-17H2,1H3/t19-,20+/m0/s1. The predicted octanol–water partition coefficient (Wildman–Crippen LogP) is 2.78. The van der Waals surface area contributed by atoms with Crippen molar-refractivity contribution in [1.82, 2.24) is 14.7 Å². The van der Waals surface area contributed by atoms with Crippen LogP contribution in [0.15, 0.2) is 24.3 Å². The first-order valence-electron chi connectivity index (χ1n) is 11.2. The number of likely N-dealkylation sites (tertiary alicyclic amines) is 3. The maximum Gasteiger partial charge on any atom is 0.257 e. The van der Waals surface area contributed by atoms with Crippen molar-refractivity contribution in [3.63, 3.8) is 0 Å². The molecule has 0 saturated carbocycles. The van der Waals surface area contributed by atoms with Gasteiger partial charge >= 0.3 is 0 Å². The molecule has 6 heteroatoms. The summed E-state index contributed by atoms with van der Waals surface area (Å²) in [7, 11) is 2.20. The van der Waals surface area contributed by atoms with Crippen molar-refractivity contribution in [3.8, 4) is 5.75 Å². The topological polar surface area (TPSA) is 53.1 Å². The van der Waals surface area contributed by atoms with Crippen molar-refractivity contribution in [3.05, 3.63) is 29.8 Å². The van der Waals surface area contributed by atoms with Crippen LogP contribution in [0, 0.1) is 0 Å². The van der Waals surface area contributed by atoms with Crippen LogP contribution in [0.2, 0.25) is 0 Å². The summed E-state index contributed by atoms with van der Waals surface area (Å²) in [5, 5.41) is 0. The van der Waals surface area contributed by atoms with Gasteiger partial charge < -0.3 is 19.4 Å². The SMILES string of the molecule is CN1CCCCC[C@@H]2[C@@H]1CCN2C(=O)c1ccccc1OCCN1CCCC1=O. The summed E-state index contributed by atoms with van der Waals surface area (Å²) >= 11 is 0. The molecule has 1 aromatic carbocycles. The number of rotatable bonds is 5. The fourth-order valence-electron chi connectivity index (χ4n) is 5.14. The Morgan fingerprint density at radius 1 is 1.03 bits per heavy atom. The lowest BCUT2D eigenvalue weighted by molar-refractivity contribution is -0.128. The van der Waals surface area contributed by atoms with E-state index in [1.165, 1.54) is 19.3 Å². The van der Waals surface area contributed by atoms with Crippen LogP contribution >= 0.6 is 0 Å². The highest BCUT2D eigenvalue weighted by atomic mass is 16.5. The molecular formula is C23H33N3O3. The molecule has 3 saturated heterocycles. The number of likely N-dealkylation sites (N-methyl/N-ethyl adjacent to an activating group) is 1. The van der Waals surface area contributed by atoms with Gasteiger partial charge in [-0.3, -0.25) is 9.59 Å². The molecule has 0 N–H and O–H groups in total. The molecule has 29 heavy (non-hydrogen) atoms. The quantitative estimate of drug-likeness (QED) is 0.764. The van der Waals surface area contributed by atoms with E-state index in [0.717, 1.165) is 38.9 Å². The predicted molar refractivity (Wildman–Crippen MR) is 112 cm³/mol. The Labute approximate surface area is 173 Å². The highest BCUT2D eigenvalue weighted by Gasteiger charge is 2.40. The lowest BCUT2D eigenvalue weighted by Gasteiger charge is -2.35. The first-order valence-corrected chi connectivity index (χ1v) is 11.2. The van der Waals surface area contributed by atoms with Crippen LogP contribution in [-0.4, -0.2) is 78.4 Å². The largest absolute Gasteiger partial charge is 0.491 e. The first-order chi connectivity index (χ1) is 14.1. The number of carbonyl (C=O) groups is 2.